The molecule has 0 spiro atoms. The minimum Gasteiger partial charge on any atom is -0.383 e. The summed E-state index contributed by atoms with van der Waals surface area (Å²) in [6.45, 7) is 5.23. The number of aromatic nitrogens is 4. The van der Waals surface area contributed by atoms with Crippen molar-refractivity contribution >= 4 is 11.0 Å². The molecule has 26 heavy (non-hydrogen) atoms. The number of hydrogen-bond acceptors (Lipinski definition) is 5. The molecular formula is C20H27N5O. The molecule has 1 saturated heterocycles. The van der Waals surface area contributed by atoms with Crippen LogP contribution in [0.5, 0.6) is 0 Å². The zero-order valence-electron chi connectivity index (χ0n) is 15.2. The van der Waals surface area contributed by atoms with E-state index in [0.29, 0.717) is 30.4 Å². The van der Waals surface area contributed by atoms with Gasteiger partial charge in [-0.2, -0.15) is 5.10 Å². The van der Waals surface area contributed by atoms with Gasteiger partial charge in [0.2, 0.25) is 0 Å². The molecule has 0 radical (unpaired) electrons. The third-order valence-electron chi connectivity index (χ3n) is 5.12. The van der Waals surface area contributed by atoms with Crippen molar-refractivity contribution in [2.24, 2.45) is 5.92 Å². The normalized spacial score (nSPS) is 23.6. The lowest BCUT2D eigenvalue weighted by atomic mass is 9.82. The summed E-state index contributed by atoms with van der Waals surface area (Å²) in [5.41, 5.74) is 2.13. The fraction of sp³-hybridized carbons (Fsp3) is 0.450. The van der Waals surface area contributed by atoms with Crippen molar-refractivity contribution in [2.75, 3.05) is 6.54 Å². The van der Waals surface area contributed by atoms with Crippen LogP contribution < -0.4 is 5.32 Å². The van der Waals surface area contributed by atoms with Crippen molar-refractivity contribution < 1.29 is 6.53 Å². The van der Waals surface area contributed by atoms with Gasteiger partial charge in [0.25, 0.3) is 0 Å². The molecule has 4 heterocycles. The molecule has 1 fully saturated rings. The van der Waals surface area contributed by atoms with E-state index in [1.54, 1.807) is 6.20 Å². The molecule has 3 aromatic rings. The lowest BCUT2D eigenvalue weighted by molar-refractivity contribution is -0.0152. The van der Waals surface area contributed by atoms with Crippen LogP contribution in [0.1, 0.15) is 40.2 Å². The summed E-state index contributed by atoms with van der Waals surface area (Å²) in [5.74, 6) is 0.595. The van der Waals surface area contributed by atoms with Crippen LogP contribution in [0.4, 0.5) is 0 Å². The molecule has 6 heteroatoms. The van der Waals surface area contributed by atoms with E-state index in [2.05, 4.69) is 34.3 Å². The van der Waals surface area contributed by atoms with Crippen LogP contribution >= 0.6 is 0 Å². The highest BCUT2D eigenvalue weighted by Gasteiger charge is 2.37. The molecule has 0 saturated carbocycles. The Kier molecular flexibility index (Phi) is 4.46. The van der Waals surface area contributed by atoms with Gasteiger partial charge in [-0.3, -0.25) is 5.10 Å². The first kappa shape index (κ1) is 17.1. The summed E-state index contributed by atoms with van der Waals surface area (Å²) in [6, 6.07) is 10.0. The Bertz CT molecular complexity index is 912. The molecule has 0 bridgehead atoms. The molecule has 138 valence electrons. The predicted molar refractivity (Wildman–Crippen MR) is 104 cm³/mol. The molecule has 4 rings (SSSR count). The Morgan fingerprint density at radius 1 is 1.31 bits per heavy atom. The Balaban J connectivity index is 0.00000210. The number of pyridine rings is 2. The second-order valence-corrected chi connectivity index (χ2v) is 7.65. The van der Waals surface area contributed by atoms with Crippen molar-refractivity contribution in [3.63, 3.8) is 0 Å². The van der Waals surface area contributed by atoms with Gasteiger partial charge in [0.15, 0.2) is 5.65 Å². The van der Waals surface area contributed by atoms with Crippen molar-refractivity contribution in [1.29, 1.82) is 0 Å². The molecule has 3 aromatic heterocycles. The molecule has 1 aliphatic rings. The molecule has 0 aromatic carbocycles. The van der Waals surface area contributed by atoms with E-state index >= 15 is 0 Å². The molecule has 0 amide bonds. The van der Waals surface area contributed by atoms with Crippen LogP contribution in [0.3, 0.4) is 0 Å². The van der Waals surface area contributed by atoms with E-state index in [0.717, 1.165) is 35.4 Å². The van der Waals surface area contributed by atoms with Gasteiger partial charge in [0, 0.05) is 19.1 Å². The monoisotopic (exact) mass is 353 g/mol. The summed E-state index contributed by atoms with van der Waals surface area (Å²) < 4.78 is 0. The van der Waals surface area contributed by atoms with E-state index in [1.165, 1.54) is 0 Å². The maximum Gasteiger partial charge on any atom is 0.181 e. The summed E-state index contributed by atoms with van der Waals surface area (Å²) in [4.78, 5) is 9.06. The number of hydrogen-bond donors (Lipinski definition) is 3. The fourth-order valence-corrected chi connectivity index (χ4v) is 3.91. The van der Waals surface area contributed by atoms with Crippen molar-refractivity contribution in [1.82, 2.24) is 25.5 Å². The summed E-state index contributed by atoms with van der Waals surface area (Å²) in [5, 5.41) is 23.1. The average molecular weight is 353 g/mol. The van der Waals surface area contributed by atoms with E-state index < -0.39 is 5.60 Å². The quantitative estimate of drug-likeness (QED) is 0.670. The highest BCUT2D eigenvalue weighted by molar-refractivity contribution is 5.89. The van der Waals surface area contributed by atoms with Crippen LogP contribution in [-0.2, 0) is 5.60 Å². The largest absolute Gasteiger partial charge is 0.383 e. The average Bonchev–Trinajstić information content (AvgIpc) is 3.05. The summed E-state index contributed by atoms with van der Waals surface area (Å²) in [6.07, 6.45) is 4.14. The maximum atomic E-state index is 11.3. The molecule has 0 aliphatic carbocycles. The van der Waals surface area contributed by atoms with Gasteiger partial charge >= 0.3 is 0 Å². The zero-order chi connectivity index (χ0) is 18.1. The number of aliphatic hydroxyl groups is 1. The minimum absolute atomic E-state index is 0. The van der Waals surface area contributed by atoms with Gasteiger partial charge in [0.1, 0.15) is 5.60 Å². The maximum absolute atomic E-state index is 11.3. The number of nitrogens with zero attached hydrogens (tertiary/aromatic N) is 3. The number of nitrogens with one attached hydrogen (secondary N) is 2. The first-order valence-electron chi connectivity index (χ1n) is 9.28. The van der Waals surface area contributed by atoms with Crippen LogP contribution in [0, 0.1) is 5.92 Å². The highest BCUT2D eigenvalue weighted by Crippen LogP contribution is 2.34. The second-order valence-electron chi connectivity index (χ2n) is 7.65. The van der Waals surface area contributed by atoms with Gasteiger partial charge in [-0.05, 0) is 56.0 Å². The van der Waals surface area contributed by atoms with Crippen LogP contribution in [0.25, 0.3) is 22.4 Å². The van der Waals surface area contributed by atoms with Crippen molar-refractivity contribution in [3.05, 3.63) is 42.2 Å². The number of H-pyrrole nitrogens is 1. The number of rotatable bonds is 4. The number of fused-ring (bicyclic) bond motifs is 1. The first-order chi connectivity index (χ1) is 12.5. The van der Waals surface area contributed by atoms with Crippen molar-refractivity contribution in [3.8, 4) is 11.4 Å². The molecule has 1 aliphatic heterocycles. The van der Waals surface area contributed by atoms with E-state index in [9.17, 15) is 5.11 Å². The SMILES string of the molecule is CC(C)C[C@H]1CC(O)(c2cccc(-c3[nH]nc4ncccc34)n2)CCN1.[HH]. The lowest BCUT2D eigenvalue weighted by Gasteiger charge is -2.38. The van der Waals surface area contributed by atoms with Gasteiger partial charge in [0.05, 0.1) is 17.1 Å². The smallest absolute Gasteiger partial charge is 0.181 e. The second kappa shape index (κ2) is 6.78. The minimum atomic E-state index is -0.894. The van der Waals surface area contributed by atoms with E-state index in [-0.39, 0.29) is 1.43 Å². The Morgan fingerprint density at radius 3 is 3.04 bits per heavy atom. The van der Waals surface area contributed by atoms with Gasteiger partial charge in [-0.25, -0.2) is 9.97 Å². The zero-order valence-corrected chi connectivity index (χ0v) is 15.2. The first-order valence-corrected chi connectivity index (χ1v) is 9.28. The third kappa shape index (κ3) is 3.22. The Morgan fingerprint density at radius 2 is 2.19 bits per heavy atom. The summed E-state index contributed by atoms with van der Waals surface area (Å²) in [7, 11) is 0. The highest BCUT2D eigenvalue weighted by atomic mass is 16.3. The van der Waals surface area contributed by atoms with Gasteiger partial charge < -0.3 is 10.4 Å². The number of piperidine rings is 1. The van der Waals surface area contributed by atoms with Gasteiger partial charge in [-0.15, -0.1) is 0 Å². The van der Waals surface area contributed by atoms with Crippen LogP contribution in [0.15, 0.2) is 36.5 Å². The topological polar surface area (TPSA) is 86.7 Å². The molecular weight excluding hydrogens is 326 g/mol. The predicted octanol–water partition coefficient (Wildman–Crippen LogP) is 3.25. The van der Waals surface area contributed by atoms with E-state index in [1.807, 2.05) is 30.3 Å². The van der Waals surface area contributed by atoms with E-state index in [4.69, 9.17) is 4.98 Å². The Labute approximate surface area is 154 Å². The molecule has 3 N–H and O–H groups in total. The standard InChI is InChI=1S/C20H25N5O.H2/c1-13(2)11-14-12-20(26,8-10-21-14)17-7-3-6-16(23-17)18-15-5-4-9-22-19(15)25-24-18;/h3-7,9,13-14,21,26H,8,10-12H2,1-2H3,(H,22,24,25);1H/t14-,20?;/m0./s1. The van der Waals surface area contributed by atoms with Crippen LogP contribution in [-0.4, -0.2) is 37.9 Å². The lowest BCUT2D eigenvalue weighted by Crippen LogP contribution is -2.47. The summed E-state index contributed by atoms with van der Waals surface area (Å²) >= 11 is 0. The van der Waals surface area contributed by atoms with Crippen LogP contribution in [0.2, 0.25) is 0 Å². The van der Waals surface area contributed by atoms with Crippen molar-refractivity contribution in [2.45, 2.75) is 44.8 Å². The van der Waals surface area contributed by atoms with Gasteiger partial charge in [-0.1, -0.05) is 19.9 Å². The Hall–Kier alpha value is -2.31. The fourth-order valence-electron chi connectivity index (χ4n) is 3.91. The third-order valence-corrected chi connectivity index (χ3v) is 5.12. The number of aromatic amines is 1. The molecule has 2 atom stereocenters. The molecule has 1 unspecified atom stereocenters. The molecule has 6 nitrogen and oxygen atoms in total.